The zero-order valence-corrected chi connectivity index (χ0v) is 14.8. The number of benzene rings is 2. The molecule has 0 bridgehead atoms. The van der Waals surface area contributed by atoms with Crippen molar-refractivity contribution in [1.29, 1.82) is 0 Å². The van der Waals surface area contributed by atoms with Gasteiger partial charge in [-0.2, -0.15) is 0 Å². The van der Waals surface area contributed by atoms with Gasteiger partial charge in [0.1, 0.15) is 13.2 Å². The second-order valence-corrected chi connectivity index (χ2v) is 6.88. The molecule has 0 amide bonds. The van der Waals surface area contributed by atoms with E-state index in [1.165, 1.54) is 0 Å². The molecule has 2 aromatic carbocycles. The van der Waals surface area contributed by atoms with Gasteiger partial charge in [-0.25, -0.2) is 0 Å². The Hall–Kier alpha value is -2.53. The van der Waals surface area contributed by atoms with Crippen LogP contribution in [-0.4, -0.2) is 31.6 Å². The zero-order valence-electron chi connectivity index (χ0n) is 14.0. The first kappa shape index (κ1) is 16.9. The summed E-state index contributed by atoms with van der Waals surface area (Å²) in [6, 6.07) is 12.1. The minimum Gasteiger partial charge on any atom is -0.486 e. The lowest BCUT2D eigenvalue weighted by Gasteiger charge is -2.19. The van der Waals surface area contributed by atoms with Gasteiger partial charge in [-0.15, -0.1) is 0 Å². The molecule has 0 aromatic heterocycles. The Balaban J connectivity index is 1.41. The Kier molecular flexibility index (Phi) is 4.32. The molecule has 0 saturated heterocycles. The van der Waals surface area contributed by atoms with E-state index < -0.39 is 5.41 Å². The van der Waals surface area contributed by atoms with Crippen LogP contribution in [0.3, 0.4) is 0 Å². The molecule has 2 aromatic rings. The fourth-order valence-corrected chi connectivity index (χ4v) is 3.20. The van der Waals surface area contributed by atoms with Crippen molar-refractivity contribution >= 4 is 23.4 Å². The number of esters is 1. The van der Waals surface area contributed by atoms with Gasteiger partial charge in [-0.3, -0.25) is 9.59 Å². The maximum Gasteiger partial charge on any atom is 0.317 e. The van der Waals surface area contributed by atoms with Crippen LogP contribution < -0.4 is 9.47 Å². The minimum atomic E-state index is -0.641. The van der Waals surface area contributed by atoms with Gasteiger partial charge >= 0.3 is 5.97 Å². The third kappa shape index (κ3) is 3.15. The standard InChI is InChI=1S/C20H17ClO5/c21-15-4-2-14(3-5-15)20(7-8-20)19(23)26-12-16(22)13-1-6-17-18(11-13)25-10-9-24-17/h1-6,11H,7-10,12H2. The summed E-state index contributed by atoms with van der Waals surface area (Å²) in [7, 11) is 0. The summed E-state index contributed by atoms with van der Waals surface area (Å²) >= 11 is 5.90. The van der Waals surface area contributed by atoms with E-state index in [0.717, 1.165) is 5.56 Å². The maximum absolute atomic E-state index is 12.5. The van der Waals surface area contributed by atoms with E-state index in [1.807, 2.05) is 12.1 Å². The molecule has 0 N–H and O–H groups in total. The Bertz CT molecular complexity index is 855. The van der Waals surface area contributed by atoms with Crippen LogP contribution in [0.5, 0.6) is 11.5 Å². The Morgan fingerprint density at radius 2 is 1.69 bits per heavy atom. The molecular formula is C20H17ClO5. The number of rotatable bonds is 5. The van der Waals surface area contributed by atoms with Crippen molar-refractivity contribution in [1.82, 2.24) is 0 Å². The van der Waals surface area contributed by atoms with E-state index in [0.29, 0.717) is 48.1 Å². The van der Waals surface area contributed by atoms with Crippen molar-refractivity contribution in [2.75, 3.05) is 19.8 Å². The SMILES string of the molecule is O=C(COC(=O)C1(c2ccc(Cl)cc2)CC1)c1ccc2c(c1)OCCO2. The summed E-state index contributed by atoms with van der Waals surface area (Å²) in [5.74, 6) is 0.505. The quantitative estimate of drug-likeness (QED) is 0.593. The smallest absolute Gasteiger partial charge is 0.317 e. The van der Waals surface area contributed by atoms with E-state index >= 15 is 0 Å². The van der Waals surface area contributed by atoms with E-state index in [1.54, 1.807) is 30.3 Å². The van der Waals surface area contributed by atoms with Crippen molar-refractivity contribution in [3.05, 3.63) is 58.6 Å². The number of fused-ring (bicyclic) bond motifs is 1. The van der Waals surface area contributed by atoms with Gasteiger partial charge in [-0.05, 0) is 48.7 Å². The molecule has 1 aliphatic heterocycles. The first-order valence-corrected chi connectivity index (χ1v) is 8.82. The van der Waals surface area contributed by atoms with Crippen molar-refractivity contribution < 1.29 is 23.8 Å². The molecular weight excluding hydrogens is 356 g/mol. The first-order chi connectivity index (χ1) is 12.6. The third-order valence-corrected chi connectivity index (χ3v) is 4.99. The number of ketones is 1. The molecule has 6 heteroatoms. The molecule has 1 heterocycles. The summed E-state index contributed by atoms with van der Waals surface area (Å²) in [6.45, 7) is 0.641. The number of carbonyl (C=O) groups is 2. The molecule has 0 unspecified atom stereocenters. The summed E-state index contributed by atoms with van der Waals surface area (Å²) in [4.78, 5) is 24.9. The number of ether oxygens (including phenoxy) is 3. The van der Waals surface area contributed by atoms with Crippen molar-refractivity contribution in [3.63, 3.8) is 0 Å². The lowest BCUT2D eigenvalue weighted by Crippen LogP contribution is -2.26. The second kappa shape index (κ2) is 6.65. The Morgan fingerprint density at radius 3 is 2.38 bits per heavy atom. The summed E-state index contributed by atoms with van der Waals surface area (Å²) in [5.41, 5.74) is 0.662. The summed E-state index contributed by atoms with van der Waals surface area (Å²) in [5, 5.41) is 0.617. The maximum atomic E-state index is 12.5. The highest BCUT2D eigenvalue weighted by Crippen LogP contribution is 2.49. The molecule has 0 spiro atoms. The van der Waals surface area contributed by atoms with Gasteiger partial charge < -0.3 is 14.2 Å². The second-order valence-electron chi connectivity index (χ2n) is 6.45. The average molecular weight is 373 g/mol. The lowest BCUT2D eigenvalue weighted by atomic mass is 9.96. The van der Waals surface area contributed by atoms with Crippen LogP contribution in [0, 0.1) is 0 Å². The van der Waals surface area contributed by atoms with Crippen LogP contribution >= 0.6 is 11.6 Å². The molecule has 5 nitrogen and oxygen atoms in total. The summed E-state index contributed by atoms with van der Waals surface area (Å²) < 4.78 is 16.2. The topological polar surface area (TPSA) is 61.8 Å². The van der Waals surface area contributed by atoms with Gasteiger partial charge in [0, 0.05) is 10.6 Å². The van der Waals surface area contributed by atoms with Gasteiger partial charge in [-0.1, -0.05) is 23.7 Å². The highest BCUT2D eigenvalue weighted by atomic mass is 35.5. The summed E-state index contributed by atoms with van der Waals surface area (Å²) in [6.07, 6.45) is 1.43. The van der Waals surface area contributed by atoms with Crippen LogP contribution in [0.4, 0.5) is 0 Å². The van der Waals surface area contributed by atoms with Crippen LogP contribution in [-0.2, 0) is 14.9 Å². The zero-order chi connectivity index (χ0) is 18.1. The highest BCUT2D eigenvalue weighted by molar-refractivity contribution is 6.30. The Morgan fingerprint density at radius 1 is 1.00 bits per heavy atom. The molecule has 1 fully saturated rings. The van der Waals surface area contributed by atoms with Gasteiger partial charge in [0.25, 0.3) is 0 Å². The van der Waals surface area contributed by atoms with Crippen LogP contribution in [0.25, 0.3) is 0 Å². The van der Waals surface area contributed by atoms with Crippen LogP contribution in [0.15, 0.2) is 42.5 Å². The predicted octanol–water partition coefficient (Wildman–Crippen LogP) is 3.57. The van der Waals surface area contributed by atoms with E-state index in [4.69, 9.17) is 25.8 Å². The van der Waals surface area contributed by atoms with E-state index in [2.05, 4.69) is 0 Å². The molecule has 0 radical (unpaired) electrons. The van der Waals surface area contributed by atoms with Gasteiger partial charge in [0.05, 0.1) is 5.41 Å². The fraction of sp³-hybridized carbons (Fsp3) is 0.300. The monoisotopic (exact) mass is 372 g/mol. The molecule has 1 saturated carbocycles. The normalized spacial score (nSPS) is 16.7. The predicted molar refractivity (Wildman–Crippen MR) is 95.1 cm³/mol. The molecule has 26 heavy (non-hydrogen) atoms. The van der Waals surface area contributed by atoms with Crippen molar-refractivity contribution in [3.8, 4) is 11.5 Å². The average Bonchev–Trinajstić information content (AvgIpc) is 3.48. The number of carbonyl (C=O) groups excluding carboxylic acids is 2. The van der Waals surface area contributed by atoms with Crippen LogP contribution in [0.1, 0.15) is 28.8 Å². The van der Waals surface area contributed by atoms with E-state index in [-0.39, 0.29) is 18.4 Å². The van der Waals surface area contributed by atoms with Gasteiger partial charge in [0.15, 0.2) is 23.9 Å². The number of hydrogen-bond acceptors (Lipinski definition) is 5. The van der Waals surface area contributed by atoms with Crippen molar-refractivity contribution in [2.24, 2.45) is 0 Å². The number of hydrogen-bond donors (Lipinski definition) is 0. The molecule has 134 valence electrons. The van der Waals surface area contributed by atoms with Gasteiger partial charge in [0.2, 0.25) is 0 Å². The third-order valence-electron chi connectivity index (χ3n) is 4.74. The molecule has 4 rings (SSSR count). The minimum absolute atomic E-state index is 0.276. The lowest BCUT2D eigenvalue weighted by molar-refractivity contribution is -0.145. The molecule has 1 aliphatic carbocycles. The highest BCUT2D eigenvalue weighted by Gasteiger charge is 2.52. The fourth-order valence-electron chi connectivity index (χ4n) is 3.07. The van der Waals surface area contributed by atoms with Crippen molar-refractivity contribution in [2.45, 2.75) is 18.3 Å². The molecule has 2 aliphatic rings. The number of halogens is 1. The van der Waals surface area contributed by atoms with Crippen LogP contribution in [0.2, 0.25) is 5.02 Å². The first-order valence-electron chi connectivity index (χ1n) is 8.45. The Labute approximate surface area is 155 Å². The van der Waals surface area contributed by atoms with E-state index in [9.17, 15) is 9.59 Å². The largest absolute Gasteiger partial charge is 0.486 e. The number of Topliss-reactive ketones (excluding diaryl/α,β-unsaturated/α-hetero) is 1. The molecule has 0 atom stereocenters.